The minimum atomic E-state index is -0.0972. The van der Waals surface area contributed by atoms with Crippen molar-refractivity contribution in [2.24, 2.45) is 0 Å². The lowest BCUT2D eigenvalue weighted by atomic mass is 10.00. The van der Waals surface area contributed by atoms with Crippen LogP contribution in [0.1, 0.15) is 18.5 Å². The lowest BCUT2D eigenvalue weighted by molar-refractivity contribution is -0.119. The van der Waals surface area contributed by atoms with Gasteiger partial charge in [-0.05, 0) is 41.5 Å². The molecule has 1 N–H and O–H groups in total. The Morgan fingerprint density at radius 2 is 1.93 bits per heavy atom. The first-order valence-electron chi connectivity index (χ1n) is 9.17. The van der Waals surface area contributed by atoms with Crippen LogP contribution in [-0.2, 0) is 4.79 Å². The van der Waals surface area contributed by atoms with E-state index in [0.717, 1.165) is 22.0 Å². The highest BCUT2D eigenvalue weighted by Crippen LogP contribution is 2.25. The van der Waals surface area contributed by atoms with E-state index in [1.807, 2.05) is 54.0 Å². The van der Waals surface area contributed by atoms with E-state index in [-0.39, 0.29) is 17.7 Å². The van der Waals surface area contributed by atoms with Crippen LogP contribution in [0.2, 0.25) is 5.02 Å². The van der Waals surface area contributed by atoms with Gasteiger partial charge < -0.3 is 5.32 Å². The highest BCUT2D eigenvalue weighted by Gasteiger charge is 2.14. The van der Waals surface area contributed by atoms with Gasteiger partial charge >= 0.3 is 0 Å². The van der Waals surface area contributed by atoms with Crippen LogP contribution in [0.5, 0.6) is 0 Å². The van der Waals surface area contributed by atoms with Crippen molar-refractivity contribution in [2.45, 2.75) is 18.1 Å². The van der Waals surface area contributed by atoms with E-state index in [1.54, 1.807) is 6.33 Å². The fraction of sp³-hybridized carbons (Fsp3) is 0.136. The first-order valence-corrected chi connectivity index (χ1v) is 10.5. The lowest BCUT2D eigenvalue weighted by Gasteiger charge is -2.16. The van der Waals surface area contributed by atoms with Crippen LogP contribution in [0.3, 0.4) is 0 Å². The number of thioether (sulfide) groups is 1. The molecule has 1 unspecified atom stereocenters. The summed E-state index contributed by atoms with van der Waals surface area (Å²) in [7, 11) is 0. The Kier molecular flexibility index (Phi) is 5.83. The SMILES string of the molecule is CC(NC(=O)CSc1nncn1-c1cccc(Cl)c1)c1cccc2ccccc12. The molecule has 1 heterocycles. The summed E-state index contributed by atoms with van der Waals surface area (Å²) < 4.78 is 1.82. The van der Waals surface area contributed by atoms with E-state index in [0.29, 0.717) is 10.2 Å². The van der Waals surface area contributed by atoms with Gasteiger partial charge in [-0.1, -0.05) is 71.9 Å². The van der Waals surface area contributed by atoms with E-state index in [2.05, 4.69) is 39.8 Å². The quantitative estimate of drug-likeness (QED) is 0.442. The number of carbonyl (C=O) groups is 1. The van der Waals surface area contributed by atoms with Gasteiger partial charge in [0.25, 0.3) is 0 Å². The van der Waals surface area contributed by atoms with Crippen molar-refractivity contribution >= 4 is 40.0 Å². The molecular formula is C22H19ClN4OS. The molecule has 1 amide bonds. The predicted molar refractivity (Wildman–Crippen MR) is 118 cm³/mol. The van der Waals surface area contributed by atoms with E-state index >= 15 is 0 Å². The fourth-order valence-electron chi connectivity index (χ4n) is 3.24. The molecule has 0 saturated carbocycles. The van der Waals surface area contributed by atoms with Crippen molar-refractivity contribution in [3.8, 4) is 5.69 Å². The predicted octanol–water partition coefficient (Wildman–Crippen LogP) is 5.04. The average Bonchev–Trinajstić information content (AvgIpc) is 3.20. The second-order valence-corrected chi connectivity index (χ2v) is 7.99. The molecular weight excluding hydrogens is 404 g/mol. The standard InChI is InChI=1S/C22H19ClN4OS/c1-15(19-11-4-7-16-6-2-3-10-20(16)19)25-21(28)13-29-22-26-24-14-27(22)18-9-5-8-17(23)12-18/h2-12,14-15H,13H2,1H3,(H,25,28). The molecule has 4 rings (SSSR count). The van der Waals surface area contributed by atoms with Gasteiger partial charge in [0.1, 0.15) is 6.33 Å². The summed E-state index contributed by atoms with van der Waals surface area (Å²) in [5, 5.41) is 14.8. The summed E-state index contributed by atoms with van der Waals surface area (Å²) >= 11 is 7.41. The van der Waals surface area contributed by atoms with Gasteiger partial charge in [0.15, 0.2) is 5.16 Å². The number of nitrogens with zero attached hydrogens (tertiary/aromatic N) is 3. The monoisotopic (exact) mass is 422 g/mol. The van der Waals surface area contributed by atoms with Gasteiger partial charge in [0.05, 0.1) is 17.5 Å². The summed E-state index contributed by atoms with van der Waals surface area (Å²) in [5.74, 6) is 0.185. The third-order valence-corrected chi connectivity index (χ3v) is 5.78. The molecule has 0 aliphatic rings. The Morgan fingerprint density at radius 1 is 1.14 bits per heavy atom. The van der Waals surface area contributed by atoms with Gasteiger partial charge in [0, 0.05) is 5.02 Å². The number of carbonyl (C=O) groups excluding carboxylic acids is 1. The molecule has 146 valence electrons. The summed E-state index contributed by atoms with van der Waals surface area (Å²) in [5.41, 5.74) is 1.96. The minimum absolute atomic E-state index is 0.0592. The van der Waals surface area contributed by atoms with Gasteiger partial charge in [-0.15, -0.1) is 10.2 Å². The average molecular weight is 423 g/mol. The number of halogens is 1. The summed E-state index contributed by atoms with van der Waals surface area (Å²) in [4.78, 5) is 12.5. The summed E-state index contributed by atoms with van der Waals surface area (Å²) in [6.07, 6.45) is 1.62. The Bertz CT molecular complexity index is 1150. The lowest BCUT2D eigenvalue weighted by Crippen LogP contribution is -2.28. The smallest absolute Gasteiger partial charge is 0.230 e. The number of hydrogen-bond acceptors (Lipinski definition) is 4. The molecule has 5 nitrogen and oxygen atoms in total. The summed E-state index contributed by atoms with van der Waals surface area (Å²) in [6, 6.07) is 21.7. The first kappa shape index (κ1) is 19.5. The molecule has 4 aromatic rings. The molecule has 0 aliphatic heterocycles. The maximum absolute atomic E-state index is 12.5. The Hall–Kier alpha value is -2.83. The second-order valence-electron chi connectivity index (χ2n) is 6.61. The van der Waals surface area contributed by atoms with Crippen LogP contribution in [0.4, 0.5) is 0 Å². The number of fused-ring (bicyclic) bond motifs is 1. The molecule has 0 fully saturated rings. The number of aromatic nitrogens is 3. The van der Waals surface area contributed by atoms with Crippen molar-refractivity contribution in [2.75, 3.05) is 5.75 Å². The minimum Gasteiger partial charge on any atom is -0.349 e. The Labute approximate surface area is 178 Å². The van der Waals surface area contributed by atoms with Crippen LogP contribution >= 0.6 is 23.4 Å². The second kappa shape index (κ2) is 8.68. The maximum Gasteiger partial charge on any atom is 0.230 e. The molecule has 0 spiro atoms. The maximum atomic E-state index is 12.5. The van der Waals surface area contributed by atoms with Gasteiger partial charge in [-0.3, -0.25) is 9.36 Å². The van der Waals surface area contributed by atoms with Gasteiger partial charge in [-0.2, -0.15) is 0 Å². The number of benzene rings is 3. The highest BCUT2D eigenvalue weighted by atomic mass is 35.5. The molecule has 29 heavy (non-hydrogen) atoms. The third-order valence-electron chi connectivity index (χ3n) is 4.60. The van der Waals surface area contributed by atoms with E-state index in [1.165, 1.54) is 11.8 Å². The van der Waals surface area contributed by atoms with Crippen LogP contribution in [0, 0.1) is 0 Å². The van der Waals surface area contributed by atoms with E-state index in [9.17, 15) is 4.79 Å². The number of nitrogens with one attached hydrogen (secondary N) is 1. The number of amides is 1. The normalized spacial score (nSPS) is 12.1. The molecule has 0 saturated heterocycles. The zero-order valence-corrected chi connectivity index (χ0v) is 17.3. The number of rotatable bonds is 6. The van der Waals surface area contributed by atoms with Crippen LogP contribution in [-0.4, -0.2) is 26.4 Å². The van der Waals surface area contributed by atoms with Crippen molar-refractivity contribution in [1.29, 1.82) is 0 Å². The van der Waals surface area contributed by atoms with Gasteiger partial charge in [0.2, 0.25) is 5.91 Å². The Balaban J connectivity index is 1.43. The first-order chi connectivity index (χ1) is 14.1. The largest absolute Gasteiger partial charge is 0.349 e. The third kappa shape index (κ3) is 4.44. The summed E-state index contributed by atoms with van der Waals surface area (Å²) in [6.45, 7) is 2.00. The number of hydrogen-bond donors (Lipinski definition) is 1. The van der Waals surface area contributed by atoms with Gasteiger partial charge in [-0.25, -0.2) is 0 Å². The topological polar surface area (TPSA) is 59.8 Å². The zero-order chi connectivity index (χ0) is 20.2. The molecule has 0 radical (unpaired) electrons. The van der Waals surface area contributed by atoms with Crippen molar-refractivity contribution in [1.82, 2.24) is 20.1 Å². The molecule has 1 aromatic heterocycles. The van der Waals surface area contributed by atoms with E-state index < -0.39 is 0 Å². The molecule has 3 aromatic carbocycles. The van der Waals surface area contributed by atoms with Crippen LogP contribution in [0.25, 0.3) is 16.5 Å². The van der Waals surface area contributed by atoms with Crippen LogP contribution < -0.4 is 5.32 Å². The fourth-order valence-corrected chi connectivity index (χ4v) is 4.17. The molecule has 1 atom stereocenters. The molecule has 0 bridgehead atoms. The highest BCUT2D eigenvalue weighted by molar-refractivity contribution is 7.99. The Morgan fingerprint density at radius 3 is 2.79 bits per heavy atom. The zero-order valence-electron chi connectivity index (χ0n) is 15.7. The van der Waals surface area contributed by atoms with Crippen molar-refractivity contribution in [3.63, 3.8) is 0 Å². The van der Waals surface area contributed by atoms with E-state index in [4.69, 9.17) is 11.6 Å². The molecule has 0 aliphatic carbocycles. The van der Waals surface area contributed by atoms with Crippen molar-refractivity contribution < 1.29 is 4.79 Å². The molecule has 7 heteroatoms. The van der Waals surface area contributed by atoms with Crippen LogP contribution in [0.15, 0.2) is 78.2 Å². The van der Waals surface area contributed by atoms with Crippen molar-refractivity contribution in [3.05, 3.63) is 83.6 Å².